The van der Waals surface area contributed by atoms with Crippen molar-refractivity contribution in [3.8, 4) is 55.9 Å². The van der Waals surface area contributed by atoms with E-state index in [4.69, 9.17) is 5.10 Å². The molecule has 2 aliphatic carbocycles. The van der Waals surface area contributed by atoms with Crippen molar-refractivity contribution in [2.24, 2.45) is 0 Å². The van der Waals surface area contributed by atoms with Gasteiger partial charge in [0.25, 0.3) is 0 Å². The third-order valence-electron chi connectivity index (χ3n) is 15.7. The lowest BCUT2D eigenvalue weighted by atomic mass is 9.68. The van der Waals surface area contributed by atoms with E-state index in [-0.39, 0.29) is 5.41 Å². The number of benzene rings is 10. The molecule has 2 aromatic heterocycles. The van der Waals surface area contributed by atoms with Gasteiger partial charge in [-0.1, -0.05) is 244 Å². The third kappa shape index (κ3) is 6.07. The Bertz CT molecular complexity index is 4000. The molecule has 2 heterocycles. The van der Waals surface area contributed by atoms with Gasteiger partial charge < -0.3 is 4.90 Å². The molecule has 0 radical (unpaired) electrons. The van der Waals surface area contributed by atoms with Gasteiger partial charge in [-0.15, -0.1) is 0 Å². The summed E-state index contributed by atoms with van der Waals surface area (Å²) >= 11 is 0. The van der Waals surface area contributed by atoms with Gasteiger partial charge in [0.15, 0.2) is 0 Å². The normalized spacial score (nSPS) is 13.6. The van der Waals surface area contributed by atoms with Crippen molar-refractivity contribution in [2.45, 2.75) is 24.7 Å². The van der Waals surface area contributed by atoms with E-state index in [0.29, 0.717) is 0 Å². The smallest absolute Gasteiger partial charge is 0.101 e. The summed E-state index contributed by atoms with van der Waals surface area (Å²) in [4.78, 5) is 2.58. The first-order chi connectivity index (χ1) is 35.5. The zero-order valence-corrected chi connectivity index (χ0v) is 40.2. The van der Waals surface area contributed by atoms with Gasteiger partial charge in [-0.2, -0.15) is 5.10 Å². The molecule has 340 valence electrons. The number of aromatic nitrogens is 2. The second-order valence-electron chi connectivity index (χ2n) is 19.8. The number of anilines is 3. The van der Waals surface area contributed by atoms with Crippen LogP contribution in [0.5, 0.6) is 0 Å². The molecule has 12 aromatic rings. The second kappa shape index (κ2) is 16.3. The molecule has 0 fully saturated rings. The van der Waals surface area contributed by atoms with Crippen molar-refractivity contribution in [3.63, 3.8) is 0 Å². The third-order valence-corrected chi connectivity index (χ3v) is 15.7. The lowest BCUT2D eigenvalue weighted by Crippen LogP contribution is -2.28. The maximum Gasteiger partial charge on any atom is 0.101 e. The lowest BCUT2D eigenvalue weighted by molar-refractivity contribution is 0.660. The zero-order chi connectivity index (χ0) is 48.0. The van der Waals surface area contributed by atoms with Crippen LogP contribution in [-0.4, -0.2) is 9.61 Å². The Labute approximate surface area is 420 Å². The van der Waals surface area contributed by atoms with Crippen LogP contribution in [0, 0.1) is 0 Å². The van der Waals surface area contributed by atoms with Crippen LogP contribution in [0.4, 0.5) is 17.1 Å². The first kappa shape index (κ1) is 41.9. The molecule has 3 nitrogen and oxygen atoms in total. The van der Waals surface area contributed by atoms with Gasteiger partial charge >= 0.3 is 0 Å². The Morgan fingerprint density at radius 2 is 0.875 bits per heavy atom. The van der Waals surface area contributed by atoms with Crippen molar-refractivity contribution < 1.29 is 0 Å². The van der Waals surface area contributed by atoms with Crippen LogP contribution >= 0.6 is 0 Å². The van der Waals surface area contributed by atoms with Gasteiger partial charge in [-0.3, -0.25) is 0 Å². The minimum atomic E-state index is -0.560. The Morgan fingerprint density at radius 1 is 0.389 bits per heavy atom. The molecule has 0 N–H and O–H groups in total. The van der Waals surface area contributed by atoms with Crippen LogP contribution in [0.3, 0.4) is 0 Å². The molecule has 0 unspecified atom stereocenters. The largest absolute Gasteiger partial charge is 0.309 e. The van der Waals surface area contributed by atoms with Crippen molar-refractivity contribution in [3.05, 3.63) is 294 Å². The van der Waals surface area contributed by atoms with E-state index >= 15 is 0 Å². The summed E-state index contributed by atoms with van der Waals surface area (Å²) in [6.07, 6.45) is 0. The summed E-state index contributed by atoms with van der Waals surface area (Å²) in [5.74, 6) is 0. The molecule has 0 bridgehead atoms. The fourth-order valence-corrected chi connectivity index (χ4v) is 12.6. The Balaban J connectivity index is 1.10. The summed E-state index contributed by atoms with van der Waals surface area (Å²) < 4.78 is 2.19. The maximum atomic E-state index is 5.54. The highest BCUT2D eigenvalue weighted by Gasteiger charge is 2.48. The molecule has 0 amide bonds. The average Bonchev–Trinajstić information content (AvgIpc) is 4.07. The van der Waals surface area contributed by atoms with Crippen molar-refractivity contribution in [1.29, 1.82) is 0 Å². The molecule has 0 saturated heterocycles. The number of hydrogen-bond donors (Lipinski definition) is 0. The van der Waals surface area contributed by atoms with Crippen LogP contribution < -0.4 is 4.90 Å². The summed E-state index contributed by atoms with van der Waals surface area (Å²) in [5, 5.41) is 7.80. The monoisotopic (exact) mass is 919 g/mol. The predicted molar refractivity (Wildman–Crippen MR) is 299 cm³/mol. The molecule has 2 aliphatic rings. The van der Waals surface area contributed by atoms with Gasteiger partial charge in [0.1, 0.15) is 5.69 Å². The van der Waals surface area contributed by atoms with Gasteiger partial charge in [-0.05, 0) is 85.8 Å². The van der Waals surface area contributed by atoms with Crippen LogP contribution in [-0.2, 0) is 10.8 Å². The van der Waals surface area contributed by atoms with Crippen LogP contribution in [0.2, 0.25) is 0 Å². The Hall–Kier alpha value is -9.05. The van der Waals surface area contributed by atoms with Gasteiger partial charge in [0.2, 0.25) is 0 Å². The maximum absolute atomic E-state index is 5.54. The molecule has 0 aliphatic heterocycles. The summed E-state index contributed by atoms with van der Waals surface area (Å²) in [7, 11) is 0. The highest BCUT2D eigenvalue weighted by molar-refractivity contribution is 6.10. The van der Waals surface area contributed by atoms with E-state index in [0.717, 1.165) is 67.0 Å². The van der Waals surface area contributed by atoms with E-state index in [9.17, 15) is 0 Å². The lowest BCUT2D eigenvalue weighted by Gasteiger charge is -2.34. The summed E-state index contributed by atoms with van der Waals surface area (Å²) in [6, 6.07) is 96.0. The molecule has 10 aromatic carbocycles. The highest BCUT2D eigenvalue weighted by atomic mass is 15.2. The number of rotatable bonds is 8. The molecule has 72 heavy (non-hydrogen) atoms. The minimum absolute atomic E-state index is 0.194. The summed E-state index contributed by atoms with van der Waals surface area (Å²) in [5.41, 5.74) is 22.8. The highest BCUT2D eigenvalue weighted by Crippen LogP contribution is 2.61. The SMILES string of the molecule is CC1(C)c2ccccc2-c2c(N(c3ccc4c(c3)cc(-c3ccccc3)n3nc(-c5ccccc5)c(-c5ccccc5)c43)c3cccc4c3-c3ccccc3C4(c3ccccc3)c3ccccc3)cccc21. The fraction of sp³-hybridized carbons (Fsp3) is 0.0580. The quantitative estimate of drug-likeness (QED) is 0.151. The Kier molecular flexibility index (Phi) is 9.46. The molecule has 14 rings (SSSR count). The van der Waals surface area contributed by atoms with E-state index in [1.165, 1.54) is 55.6 Å². The topological polar surface area (TPSA) is 20.5 Å². The first-order valence-corrected chi connectivity index (χ1v) is 25.1. The van der Waals surface area contributed by atoms with Crippen molar-refractivity contribution >= 4 is 33.4 Å². The molecule has 3 heteroatoms. The van der Waals surface area contributed by atoms with Crippen LogP contribution in [0.15, 0.2) is 261 Å². The second-order valence-corrected chi connectivity index (χ2v) is 19.8. The van der Waals surface area contributed by atoms with Crippen LogP contribution in [0.1, 0.15) is 47.2 Å². The van der Waals surface area contributed by atoms with Crippen LogP contribution in [0.25, 0.3) is 72.2 Å². The molecule has 0 saturated carbocycles. The van der Waals surface area contributed by atoms with E-state index in [1.54, 1.807) is 0 Å². The molecule has 0 atom stereocenters. The van der Waals surface area contributed by atoms with Gasteiger partial charge in [0.05, 0.1) is 28.0 Å². The average molecular weight is 920 g/mol. The van der Waals surface area contributed by atoms with E-state index < -0.39 is 5.41 Å². The van der Waals surface area contributed by atoms with Crippen molar-refractivity contribution in [2.75, 3.05) is 4.90 Å². The van der Waals surface area contributed by atoms with Crippen molar-refractivity contribution in [1.82, 2.24) is 9.61 Å². The predicted octanol–water partition coefficient (Wildman–Crippen LogP) is 17.6. The van der Waals surface area contributed by atoms with Gasteiger partial charge in [-0.25, -0.2) is 4.52 Å². The number of pyridine rings is 1. The minimum Gasteiger partial charge on any atom is -0.309 e. The fourth-order valence-electron chi connectivity index (χ4n) is 12.6. The number of fused-ring (bicyclic) bond motifs is 9. The number of hydrogen-bond acceptors (Lipinski definition) is 2. The molecular formula is C69H49N3. The van der Waals surface area contributed by atoms with Gasteiger partial charge in [0, 0.05) is 44.3 Å². The standard InChI is InChI=1S/C69H49N3/c1-68(2)56-36-20-18-34-54(56)64-58(68)38-22-40-60(64)71(61-41-23-39-59-65(61)55-35-19-21-37-57(55)69(59,50-30-14-6-15-31-50)51-32-16-7-17-33-51)52-42-43-53-49(44-52)45-62(46-24-8-3-9-25-46)72-67(53)63(47-26-10-4-11-27-47)66(70-72)48-28-12-5-13-29-48/h3-45H,1-2H3. The molecular weight excluding hydrogens is 871 g/mol. The zero-order valence-electron chi connectivity index (χ0n) is 40.2. The van der Waals surface area contributed by atoms with E-state index in [2.05, 4.69) is 284 Å². The first-order valence-electron chi connectivity index (χ1n) is 25.1. The number of nitrogens with zero attached hydrogens (tertiary/aromatic N) is 3. The molecule has 0 spiro atoms. The van der Waals surface area contributed by atoms with E-state index in [1.807, 2.05) is 0 Å². The summed E-state index contributed by atoms with van der Waals surface area (Å²) in [6.45, 7) is 4.75. The Morgan fingerprint density at radius 3 is 1.50 bits per heavy atom.